The minimum absolute atomic E-state index is 0.0928. The van der Waals surface area contributed by atoms with Crippen LogP contribution in [0.25, 0.3) is 10.9 Å². The fourth-order valence-electron chi connectivity index (χ4n) is 4.14. The molecule has 3 aromatic heterocycles. The average molecular weight is 548 g/mol. The van der Waals surface area contributed by atoms with E-state index in [1.54, 1.807) is 23.0 Å². The summed E-state index contributed by atoms with van der Waals surface area (Å²) in [6.45, 7) is 0. The fourth-order valence-corrected chi connectivity index (χ4v) is 4.41. The second-order valence-electron chi connectivity index (χ2n) is 8.96. The molecule has 2 aromatic carbocycles. The van der Waals surface area contributed by atoms with Gasteiger partial charge in [0.2, 0.25) is 5.95 Å². The molecule has 194 valence electrons. The van der Waals surface area contributed by atoms with Gasteiger partial charge in [0, 0.05) is 23.3 Å². The van der Waals surface area contributed by atoms with Crippen LogP contribution in [0.1, 0.15) is 43.1 Å². The molecule has 39 heavy (non-hydrogen) atoms. The van der Waals surface area contributed by atoms with Crippen LogP contribution < -0.4 is 10.6 Å². The highest BCUT2D eigenvalue weighted by molar-refractivity contribution is 6.36. The van der Waals surface area contributed by atoms with Crippen LogP contribution in [0.5, 0.6) is 0 Å². The van der Waals surface area contributed by atoms with E-state index in [0.29, 0.717) is 22.2 Å². The molecule has 0 aliphatic heterocycles. The third-order valence-electron chi connectivity index (χ3n) is 6.20. The van der Waals surface area contributed by atoms with Crippen molar-refractivity contribution >= 4 is 39.6 Å². The second-order valence-corrected chi connectivity index (χ2v) is 9.36. The average Bonchev–Trinajstić information content (AvgIpc) is 3.67. The van der Waals surface area contributed by atoms with Crippen LogP contribution >= 0.6 is 11.6 Å². The predicted molar refractivity (Wildman–Crippen MR) is 139 cm³/mol. The summed E-state index contributed by atoms with van der Waals surface area (Å²) < 4.78 is 52.2. The topological polar surface area (TPSA) is 104 Å². The first-order chi connectivity index (χ1) is 19.2. The lowest BCUT2D eigenvalue weighted by Gasteiger charge is -2.20. The largest absolute Gasteiger partial charge is 0.373 e. The summed E-state index contributed by atoms with van der Waals surface area (Å²) in [6.07, 6.45) is 6.01. The molecule has 12 heteroatoms. The lowest BCUT2D eigenvalue weighted by Crippen LogP contribution is -2.13. The van der Waals surface area contributed by atoms with Crippen LogP contribution in [0.15, 0.2) is 61.1 Å². The summed E-state index contributed by atoms with van der Waals surface area (Å²) in [5, 5.41) is 24.8. The lowest BCUT2D eigenvalue weighted by molar-refractivity contribution is 0.480. The van der Waals surface area contributed by atoms with E-state index >= 15 is 0 Å². The van der Waals surface area contributed by atoms with Gasteiger partial charge in [0.05, 0.1) is 53.3 Å². The van der Waals surface area contributed by atoms with Gasteiger partial charge in [0.1, 0.15) is 17.6 Å². The first-order valence-corrected chi connectivity index (χ1v) is 12.2. The maximum absolute atomic E-state index is 13.9. The van der Waals surface area contributed by atoms with E-state index in [9.17, 15) is 19.8 Å². The number of pyridine rings is 2. The Labute approximate surface area is 226 Å². The summed E-state index contributed by atoms with van der Waals surface area (Å²) in [6, 6.07) is 10.1. The number of benzene rings is 2. The Balaban J connectivity index is 1.47. The minimum atomic E-state index is -1.71. The normalized spacial score (nSPS) is 14.9. The Morgan fingerprint density at radius 2 is 1.87 bits per heavy atom. The van der Waals surface area contributed by atoms with Crippen molar-refractivity contribution in [3.05, 3.63) is 100 Å². The number of nitrogens with one attached hydrogen (secondary N) is 2. The maximum Gasteiger partial charge on any atom is 0.249 e. The summed E-state index contributed by atoms with van der Waals surface area (Å²) in [7, 11) is 0. The smallest absolute Gasteiger partial charge is 0.249 e. The van der Waals surface area contributed by atoms with Gasteiger partial charge in [-0.1, -0.05) is 28.9 Å². The molecule has 2 N–H and O–H groups in total. The molecule has 0 bridgehead atoms. The van der Waals surface area contributed by atoms with Crippen molar-refractivity contribution in [3.8, 4) is 6.07 Å². The molecule has 3 heterocycles. The molecule has 0 saturated heterocycles. The van der Waals surface area contributed by atoms with Gasteiger partial charge in [-0.3, -0.25) is 4.98 Å². The predicted octanol–water partition coefficient (Wildman–Crippen LogP) is 6.44. The van der Waals surface area contributed by atoms with Crippen molar-refractivity contribution in [1.29, 1.82) is 5.26 Å². The molecular formula is C27H18ClF3N8. The Morgan fingerprint density at radius 3 is 2.59 bits per heavy atom. The highest BCUT2D eigenvalue weighted by atomic mass is 35.5. The SMILES string of the molecule is [2H][C@](Nc1cc(Cl)c2ncc(C#N)c(Nc3cnc(F)c(F)c3)c2c1)(c1ccc(F)cc1)c1cn(C2CC2)nn1. The molecule has 6 rings (SSSR count). The minimum Gasteiger partial charge on any atom is -0.373 e. The molecule has 8 nitrogen and oxygen atoms in total. The summed E-state index contributed by atoms with van der Waals surface area (Å²) in [4.78, 5) is 7.67. The van der Waals surface area contributed by atoms with E-state index in [-0.39, 0.29) is 33.7 Å². The van der Waals surface area contributed by atoms with Crippen molar-refractivity contribution in [1.82, 2.24) is 25.0 Å². The number of hydrogen-bond donors (Lipinski definition) is 2. The molecule has 0 unspecified atom stereocenters. The van der Waals surface area contributed by atoms with Crippen LogP contribution in [0.4, 0.5) is 30.2 Å². The first kappa shape index (κ1) is 23.4. The molecular weight excluding hydrogens is 529 g/mol. The number of nitrogens with zero attached hydrogens (tertiary/aromatic N) is 6. The molecule has 1 fully saturated rings. The highest BCUT2D eigenvalue weighted by Crippen LogP contribution is 2.38. The molecule has 0 spiro atoms. The van der Waals surface area contributed by atoms with Gasteiger partial charge in [-0.15, -0.1) is 5.10 Å². The van der Waals surface area contributed by atoms with Crippen molar-refractivity contribution in [2.45, 2.75) is 24.9 Å². The molecule has 1 atom stereocenters. The van der Waals surface area contributed by atoms with Crippen LogP contribution in [-0.2, 0) is 0 Å². The summed E-state index contributed by atoms with van der Waals surface area (Å²) in [5.41, 5.74) is 1.76. The summed E-state index contributed by atoms with van der Waals surface area (Å²) >= 11 is 6.60. The van der Waals surface area contributed by atoms with Crippen LogP contribution in [-0.4, -0.2) is 25.0 Å². The monoisotopic (exact) mass is 547 g/mol. The number of anilines is 3. The number of rotatable bonds is 7. The summed E-state index contributed by atoms with van der Waals surface area (Å²) in [5.74, 6) is -2.88. The Morgan fingerprint density at radius 1 is 1.08 bits per heavy atom. The van der Waals surface area contributed by atoms with Crippen LogP contribution in [0, 0.1) is 28.9 Å². The third kappa shape index (κ3) is 4.94. The zero-order chi connectivity index (χ0) is 28.0. The molecule has 1 saturated carbocycles. The molecule has 1 aliphatic rings. The highest BCUT2D eigenvalue weighted by Gasteiger charge is 2.27. The van der Waals surface area contributed by atoms with E-state index in [4.69, 9.17) is 11.6 Å². The molecule has 1 aliphatic carbocycles. The number of hydrogen-bond acceptors (Lipinski definition) is 7. The zero-order valence-corrected chi connectivity index (χ0v) is 20.7. The first-order valence-electron chi connectivity index (χ1n) is 12.3. The Hall–Kier alpha value is -4.69. The molecule has 0 radical (unpaired) electrons. The Bertz CT molecular complexity index is 1800. The van der Waals surface area contributed by atoms with Crippen molar-refractivity contribution < 1.29 is 14.5 Å². The van der Waals surface area contributed by atoms with Gasteiger partial charge in [-0.05, 0) is 42.7 Å². The van der Waals surface area contributed by atoms with E-state index in [1.165, 1.54) is 30.5 Å². The maximum atomic E-state index is 13.9. The van der Waals surface area contributed by atoms with E-state index < -0.39 is 23.6 Å². The molecule has 5 aromatic rings. The van der Waals surface area contributed by atoms with Crippen LogP contribution in [0.2, 0.25) is 5.02 Å². The van der Waals surface area contributed by atoms with Gasteiger partial charge in [-0.25, -0.2) is 18.4 Å². The van der Waals surface area contributed by atoms with E-state index in [1.807, 2.05) is 6.07 Å². The quantitative estimate of drug-likeness (QED) is 0.226. The van der Waals surface area contributed by atoms with Gasteiger partial charge in [0.15, 0.2) is 5.82 Å². The van der Waals surface area contributed by atoms with Gasteiger partial charge in [-0.2, -0.15) is 9.65 Å². The number of aromatic nitrogens is 5. The van der Waals surface area contributed by atoms with Crippen molar-refractivity contribution in [3.63, 3.8) is 0 Å². The van der Waals surface area contributed by atoms with E-state index in [2.05, 4.69) is 30.9 Å². The second kappa shape index (κ2) is 9.89. The standard InChI is InChI=1S/C27H18ClF3N8/c28-21-8-17(35-25(14-1-3-16(29)4-2-14)23-13-39(38-37-23)19-5-6-19)7-20-24(15(10-32)11-33-26(20)21)36-18-9-22(30)27(31)34-12-18/h1-4,7-9,11-13,19,25,35H,5-6H2,(H,33,36)/t25-/m0/s1/i25D. The third-order valence-corrected chi connectivity index (χ3v) is 6.49. The van der Waals surface area contributed by atoms with Gasteiger partial charge >= 0.3 is 0 Å². The number of fused-ring (bicyclic) bond motifs is 1. The van der Waals surface area contributed by atoms with Gasteiger partial charge in [0.25, 0.3) is 0 Å². The number of halogens is 4. The molecule has 0 amide bonds. The number of nitriles is 1. The van der Waals surface area contributed by atoms with Crippen LogP contribution in [0.3, 0.4) is 0 Å². The zero-order valence-electron chi connectivity index (χ0n) is 21.0. The lowest BCUT2D eigenvalue weighted by atomic mass is 10.0. The Kier molecular flexibility index (Phi) is 5.94. The van der Waals surface area contributed by atoms with E-state index in [0.717, 1.165) is 25.1 Å². The van der Waals surface area contributed by atoms with Crippen molar-refractivity contribution in [2.24, 2.45) is 0 Å². The fraction of sp³-hybridized carbons (Fsp3) is 0.148. The van der Waals surface area contributed by atoms with Crippen molar-refractivity contribution in [2.75, 3.05) is 10.6 Å². The van der Waals surface area contributed by atoms with Gasteiger partial charge < -0.3 is 10.6 Å².